The van der Waals surface area contributed by atoms with Gasteiger partial charge in [-0.15, -0.1) is 0 Å². The Morgan fingerprint density at radius 1 is 0.857 bits per heavy atom. The van der Waals surface area contributed by atoms with Crippen LogP contribution in [0, 0.1) is 0 Å². The predicted molar refractivity (Wildman–Crippen MR) is 137 cm³/mol. The van der Waals surface area contributed by atoms with Crippen LogP contribution in [-0.4, -0.2) is 70.3 Å². The van der Waals surface area contributed by atoms with Crippen LogP contribution in [0.4, 0.5) is 0 Å². The highest BCUT2D eigenvalue weighted by molar-refractivity contribution is 7.89. The molecule has 0 heterocycles. The van der Waals surface area contributed by atoms with Crippen LogP contribution in [0.25, 0.3) is 0 Å². The first-order chi connectivity index (χ1) is 16.8. The third-order valence-corrected chi connectivity index (χ3v) is 7.36. The quantitative estimate of drug-likeness (QED) is 0.253. The molecule has 9 heteroatoms. The van der Waals surface area contributed by atoms with Crippen molar-refractivity contribution in [1.29, 1.82) is 0 Å². The van der Waals surface area contributed by atoms with Crippen LogP contribution in [0.1, 0.15) is 37.3 Å². The van der Waals surface area contributed by atoms with Gasteiger partial charge in [0.05, 0.1) is 33.0 Å². The molecule has 0 spiro atoms. The van der Waals surface area contributed by atoms with E-state index in [2.05, 4.69) is 0 Å². The number of unbranched alkanes of at least 4 members (excludes halogenated alkanes) is 1. The zero-order chi connectivity index (χ0) is 25.7. The van der Waals surface area contributed by atoms with Gasteiger partial charge in [-0.1, -0.05) is 37.6 Å². The van der Waals surface area contributed by atoms with E-state index in [1.165, 1.54) is 4.31 Å². The van der Waals surface area contributed by atoms with E-state index in [0.29, 0.717) is 31.2 Å². The minimum absolute atomic E-state index is 0.0549. The molecule has 0 fully saturated rings. The zero-order valence-corrected chi connectivity index (χ0v) is 22.1. The molecular weight excluding hydrogens is 468 g/mol. The first-order valence-electron chi connectivity index (χ1n) is 11.8. The number of hydrogen-bond acceptors (Lipinski definition) is 7. The summed E-state index contributed by atoms with van der Waals surface area (Å²) < 4.78 is 43.8. The molecule has 0 saturated heterocycles. The number of ether oxygens (including phenoxy) is 3. The van der Waals surface area contributed by atoms with Gasteiger partial charge in [0.1, 0.15) is 11.5 Å². The molecule has 0 aromatic heterocycles. The second-order valence-corrected chi connectivity index (χ2v) is 10.5. The molecule has 0 amide bonds. The summed E-state index contributed by atoms with van der Waals surface area (Å²) in [5.41, 5.74) is 1.73. The summed E-state index contributed by atoms with van der Waals surface area (Å²) in [5.74, 6) is 1.12. The topological polar surface area (TPSA) is 85.4 Å². The molecule has 8 nitrogen and oxygen atoms in total. The summed E-state index contributed by atoms with van der Waals surface area (Å²) in [6.07, 6.45) is 2.05. The van der Waals surface area contributed by atoms with Gasteiger partial charge in [0.25, 0.3) is 0 Å². The molecule has 0 saturated carbocycles. The van der Waals surface area contributed by atoms with Gasteiger partial charge in [0, 0.05) is 26.2 Å². The van der Waals surface area contributed by atoms with E-state index in [1.807, 2.05) is 67.4 Å². The molecule has 0 aliphatic rings. The van der Waals surface area contributed by atoms with E-state index in [4.69, 9.17) is 14.2 Å². The molecular formula is C26H38N2O6S. The van der Waals surface area contributed by atoms with E-state index in [-0.39, 0.29) is 31.2 Å². The molecule has 0 bridgehead atoms. The molecule has 0 aliphatic carbocycles. The van der Waals surface area contributed by atoms with Gasteiger partial charge < -0.3 is 19.1 Å². The van der Waals surface area contributed by atoms with Crippen molar-refractivity contribution in [2.75, 3.05) is 46.7 Å². The van der Waals surface area contributed by atoms with Crippen molar-refractivity contribution in [3.8, 4) is 11.5 Å². The highest BCUT2D eigenvalue weighted by Gasteiger charge is 2.23. The number of esters is 1. The fraction of sp³-hybridized carbons (Fsp3) is 0.500. The van der Waals surface area contributed by atoms with E-state index in [0.717, 1.165) is 24.0 Å². The van der Waals surface area contributed by atoms with Crippen LogP contribution < -0.4 is 9.47 Å². The summed E-state index contributed by atoms with van der Waals surface area (Å²) >= 11 is 0. The maximum atomic E-state index is 13.4. The van der Waals surface area contributed by atoms with Gasteiger partial charge in [0.15, 0.2) is 0 Å². The number of nitrogens with zero attached hydrogens (tertiary/aromatic N) is 2. The predicted octanol–water partition coefficient (Wildman–Crippen LogP) is 3.70. The lowest BCUT2D eigenvalue weighted by atomic mass is 10.2. The third kappa shape index (κ3) is 10.3. The second kappa shape index (κ2) is 14.7. The fourth-order valence-electron chi connectivity index (χ4n) is 3.32. The second-order valence-electron chi connectivity index (χ2n) is 8.41. The number of rotatable bonds is 16. The summed E-state index contributed by atoms with van der Waals surface area (Å²) in [7, 11) is 1.41. The summed E-state index contributed by atoms with van der Waals surface area (Å²) in [6, 6.07) is 14.7. The number of carbonyl (C=O) groups excluding carboxylic acids is 1. The lowest BCUT2D eigenvalue weighted by Gasteiger charge is -2.24. The maximum Gasteiger partial charge on any atom is 0.307 e. The lowest BCUT2D eigenvalue weighted by molar-refractivity contribution is -0.144. The van der Waals surface area contributed by atoms with Crippen LogP contribution in [0.5, 0.6) is 11.5 Å². The Hall–Kier alpha value is -2.62. The van der Waals surface area contributed by atoms with Crippen molar-refractivity contribution >= 4 is 16.0 Å². The van der Waals surface area contributed by atoms with Gasteiger partial charge in [-0.25, -0.2) is 8.42 Å². The Bertz CT molecular complexity index is 944. The van der Waals surface area contributed by atoms with Gasteiger partial charge in [0.2, 0.25) is 10.0 Å². The summed E-state index contributed by atoms with van der Waals surface area (Å²) in [6.45, 7) is 3.70. The molecule has 2 aromatic carbocycles. The molecule has 0 unspecified atom stereocenters. The first kappa shape index (κ1) is 28.6. The van der Waals surface area contributed by atoms with E-state index >= 15 is 0 Å². The molecule has 0 N–H and O–H groups in total. The van der Waals surface area contributed by atoms with Crippen molar-refractivity contribution in [2.24, 2.45) is 0 Å². The van der Waals surface area contributed by atoms with Crippen LogP contribution >= 0.6 is 0 Å². The van der Waals surface area contributed by atoms with Crippen molar-refractivity contribution < 1.29 is 27.4 Å². The maximum absolute atomic E-state index is 13.4. The largest absolute Gasteiger partial charge is 0.497 e. The highest BCUT2D eigenvalue weighted by atomic mass is 32.2. The number of hydrogen-bond donors (Lipinski definition) is 0. The van der Waals surface area contributed by atoms with Crippen molar-refractivity contribution in [3.05, 3.63) is 59.7 Å². The molecule has 0 radical (unpaired) electrons. The van der Waals surface area contributed by atoms with E-state index in [1.54, 1.807) is 14.2 Å². The molecule has 0 aliphatic heterocycles. The Kier molecular flexibility index (Phi) is 12.0. The normalized spacial score (nSPS) is 11.6. The van der Waals surface area contributed by atoms with Crippen molar-refractivity contribution in [1.82, 2.24) is 9.21 Å². The Morgan fingerprint density at radius 2 is 1.37 bits per heavy atom. The van der Waals surface area contributed by atoms with Crippen LogP contribution in [-0.2, 0) is 32.6 Å². The van der Waals surface area contributed by atoms with E-state index in [9.17, 15) is 13.2 Å². The van der Waals surface area contributed by atoms with E-state index < -0.39 is 10.0 Å². The third-order valence-electron chi connectivity index (χ3n) is 5.62. The van der Waals surface area contributed by atoms with Gasteiger partial charge in [-0.05, 0) is 48.9 Å². The first-order valence-corrected chi connectivity index (χ1v) is 13.5. The smallest absolute Gasteiger partial charge is 0.307 e. The van der Waals surface area contributed by atoms with Crippen molar-refractivity contribution in [3.63, 3.8) is 0 Å². The fourth-order valence-corrected chi connectivity index (χ4v) is 4.81. The Morgan fingerprint density at radius 3 is 1.83 bits per heavy atom. The average Bonchev–Trinajstić information content (AvgIpc) is 2.87. The number of benzene rings is 2. The van der Waals surface area contributed by atoms with Crippen LogP contribution in [0.2, 0.25) is 0 Å². The Balaban J connectivity index is 2.03. The number of methoxy groups -OCH3 is 2. The van der Waals surface area contributed by atoms with Gasteiger partial charge >= 0.3 is 5.97 Å². The van der Waals surface area contributed by atoms with Crippen LogP contribution in [0.3, 0.4) is 0 Å². The van der Waals surface area contributed by atoms with Crippen LogP contribution in [0.15, 0.2) is 48.5 Å². The summed E-state index contributed by atoms with van der Waals surface area (Å²) in [5, 5.41) is 0. The molecule has 2 aromatic rings. The molecule has 194 valence electrons. The lowest BCUT2D eigenvalue weighted by Crippen LogP contribution is -2.36. The Labute approximate surface area is 209 Å². The minimum atomic E-state index is -3.59. The minimum Gasteiger partial charge on any atom is -0.497 e. The monoisotopic (exact) mass is 506 g/mol. The zero-order valence-electron chi connectivity index (χ0n) is 21.2. The molecule has 0 atom stereocenters. The molecule has 2 rings (SSSR count). The molecule has 35 heavy (non-hydrogen) atoms. The highest BCUT2D eigenvalue weighted by Crippen LogP contribution is 2.19. The average molecular weight is 507 g/mol. The summed E-state index contributed by atoms with van der Waals surface area (Å²) in [4.78, 5) is 13.7. The van der Waals surface area contributed by atoms with Gasteiger partial charge in [-0.3, -0.25) is 4.79 Å². The van der Waals surface area contributed by atoms with Gasteiger partial charge in [-0.2, -0.15) is 4.31 Å². The van der Waals surface area contributed by atoms with Crippen molar-refractivity contribution in [2.45, 2.75) is 39.3 Å². The number of sulfonamides is 1. The standard InChI is InChI=1S/C26H38N2O6S/c1-5-6-18-34-26(29)15-16-27(2)17-19-35(30,31)28(20-22-7-11-24(32-3)12-8-22)21-23-9-13-25(33-4)14-10-23/h7-14H,5-6,15-21H2,1-4H3. The SMILES string of the molecule is CCCCOC(=O)CCN(C)CCS(=O)(=O)N(Cc1ccc(OC)cc1)Cc1ccc(OC)cc1. The number of carbonyl (C=O) groups is 1.